The lowest BCUT2D eigenvalue weighted by Gasteiger charge is -2.16. The Morgan fingerprint density at radius 1 is 1.31 bits per heavy atom. The van der Waals surface area contributed by atoms with E-state index in [0.29, 0.717) is 5.95 Å². The number of carboxylic acid groups (broad SMARTS) is 1. The molecule has 2 rings (SSSR count). The van der Waals surface area contributed by atoms with Crippen molar-refractivity contribution in [1.82, 2.24) is 10.1 Å². The number of carbonyl (C=O) groups is 1. The number of hydrogen-bond donors (Lipinski definition) is 1. The van der Waals surface area contributed by atoms with Crippen molar-refractivity contribution in [2.45, 2.75) is 32.1 Å². The molecule has 0 saturated carbocycles. The summed E-state index contributed by atoms with van der Waals surface area (Å²) < 4.78 is 4.89. The summed E-state index contributed by atoms with van der Waals surface area (Å²) in [6.45, 7) is 1.85. The third-order valence-electron chi connectivity index (χ3n) is 2.65. The van der Waals surface area contributed by atoms with Crippen LogP contribution >= 0.6 is 0 Å². The molecule has 0 radical (unpaired) electrons. The number of anilines is 1. The van der Waals surface area contributed by atoms with Gasteiger partial charge in [0.1, 0.15) is 6.42 Å². The molecule has 0 aliphatic carbocycles. The molecule has 2 heterocycles. The largest absolute Gasteiger partial charge is 0.481 e. The van der Waals surface area contributed by atoms with Gasteiger partial charge in [0.2, 0.25) is 5.89 Å². The van der Waals surface area contributed by atoms with Gasteiger partial charge in [-0.15, -0.1) is 0 Å². The van der Waals surface area contributed by atoms with Crippen LogP contribution in [-0.2, 0) is 11.2 Å². The van der Waals surface area contributed by atoms with Crippen LogP contribution in [0.25, 0.3) is 0 Å². The Balaban J connectivity index is 2.02. The first-order chi connectivity index (χ1) is 7.75. The molecule has 0 atom stereocenters. The SMILES string of the molecule is O=C(O)Cc1nc(N2CCCCCC2)no1. The van der Waals surface area contributed by atoms with E-state index in [4.69, 9.17) is 9.63 Å². The van der Waals surface area contributed by atoms with E-state index in [1.54, 1.807) is 0 Å². The zero-order valence-electron chi connectivity index (χ0n) is 9.06. The monoisotopic (exact) mass is 225 g/mol. The summed E-state index contributed by atoms with van der Waals surface area (Å²) >= 11 is 0. The van der Waals surface area contributed by atoms with E-state index in [2.05, 4.69) is 15.0 Å². The molecule has 1 aliphatic heterocycles. The Bertz CT molecular complexity index is 356. The molecule has 88 valence electrons. The van der Waals surface area contributed by atoms with Crippen LogP contribution in [0.2, 0.25) is 0 Å². The molecule has 6 heteroatoms. The molecule has 1 aromatic heterocycles. The fourth-order valence-electron chi connectivity index (χ4n) is 1.85. The van der Waals surface area contributed by atoms with E-state index in [9.17, 15) is 4.79 Å². The van der Waals surface area contributed by atoms with Crippen molar-refractivity contribution < 1.29 is 14.4 Å². The summed E-state index contributed by atoms with van der Waals surface area (Å²) in [5.41, 5.74) is 0. The van der Waals surface area contributed by atoms with Gasteiger partial charge in [0.05, 0.1) is 0 Å². The van der Waals surface area contributed by atoms with Gasteiger partial charge in [0.15, 0.2) is 0 Å². The molecule has 6 nitrogen and oxygen atoms in total. The molecular weight excluding hydrogens is 210 g/mol. The minimum atomic E-state index is -0.953. The number of aliphatic carboxylic acids is 1. The smallest absolute Gasteiger partial charge is 0.312 e. The molecule has 1 fully saturated rings. The van der Waals surface area contributed by atoms with E-state index in [-0.39, 0.29) is 12.3 Å². The maximum Gasteiger partial charge on any atom is 0.312 e. The van der Waals surface area contributed by atoms with E-state index < -0.39 is 5.97 Å². The highest BCUT2D eigenvalue weighted by Gasteiger charge is 2.16. The Morgan fingerprint density at radius 2 is 2.00 bits per heavy atom. The highest BCUT2D eigenvalue weighted by Crippen LogP contribution is 2.16. The van der Waals surface area contributed by atoms with Gasteiger partial charge in [0.25, 0.3) is 5.95 Å². The first-order valence-electron chi connectivity index (χ1n) is 5.55. The number of nitrogens with zero attached hydrogens (tertiary/aromatic N) is 3. The summed E-state index contributed by atoms with van der Waals surface area (Å²) in [6.07, 6.45) is 4.51. The molecule has 0 bridgehead atoms. The number of aromatic nitrogens is 2. The fraction of sp³-hybridized carbons (Fsp3) is 0.700. The second kappa shape index (κ2) is 4.96. The third kappa shape index (κ3) is 2.71. The Labute approximate surface area is 93.2 Å². The highest BCUT2D eigenvalue weighted by atomic mass is 16.5. The summed E-state index contributed by atoms with van der Waals surface area (Å²) in [4.78, 5) is 16.6. The Hall–Kier alpha value is -1.59. The summed E-state index contributed by atoms with van der Waals surface area (Å²) in [6, 6.07) is 0. The molecule has 0 amide bonds. The minimum Gasteiger partial charge on any atom is -0.481 e. The lowest BCUT2D eigenvalue weighted by Crippen LogP contribution is -2.25. The fourth-order valence-corrected chi connectivity index (χ4v) is 1.85. The van der Waals surface area contributed by atoms with Gasteiger partial charge < -0.3 is 14.5 Å². The molecule has 16 heavy (non-hydrogen) atoms. The standard InChI is InChI=1S/C10H15N3O3/c14-9(15)7-8-11-10(12-16-8)13-5-3-1-2-4-6-13/h1-7H2,(H,14,15). The van der Waals surface area contributed by atoms with Crippen LogP contribution in [0, 0.1) is 0 Å². The summed E-state index contributed by atoms with van der Waals surface area (Å²) in [5.74, 6) is -0.254. The van der Waals surface area contributed by atoms with Crippen molar-refractivity contribution in [1.29, 1.82) is 0 Å². The number of carboxylic acids is 1. The molecule has 1 aliphatic rings. The van der Waals surface area contributed by atoms with Crippen LogP contribution < -0.4 is 4.90 Å². The van der Waals surface area contributed by atoms with Crippen molar-refractivity contribution in [2.75, 3.05) is 18.0 Å². The van der Waals surface area contributed by atoms with Crippen molar-refractivity contribution in [3.05, 3.63) is 5.89 Å². The molecule has 1 saturated heterocycles. The van der Waals surface area contributed by atoms with Gasteiger partial charge in [-0.25, -0.2) is 0 Å². The second-order valence-electron chi connectivity index (χ2n) is 3.96. The minimum absolute atomic E-state index is 0.173. The van der Waals surface area contributed by atoms with Gasteiger partial charge in [-0.3, -0.25) is 4.79 Å². The normalized spacial score (nSPS) is 17.1. The van der Waals surface area contributed by atoms with Gasteiger partial charge >= 0.3 is 5.97 Å². The Morgan fingerprint density at radius 3 is 2.62 bits per heavy atom. The lowest BCUT2D eigenvalue weighted by molar-refractivity contribution is -0.136. The van der Waals surface area contributed by atoms with Crippen molar-refractivity contribution in [3.63, 3.8) is 0 Å². The predicted molar refractivity (Wildman–Crippen MR) is 56.3 cm³/mol. The molecule has 1 N–H and O–H groups in total. The van der Waals surface area contributed by atoms with Crippen LogP contribution in [0.4, 0.5) is 5.95 Å². The van der Waals surface area contributed by atoms with E-state index in [1.165, 1.54) is 12.8 Å². The van der Waals surface area contributed by atoms with Crippen LogP contribution in [0.15, 0.2) is 4.52 Å². The maximum atomic E-state index is 10.5. The zero-order chi connectivity index (χ0) is 11.4. The highest BCUT2D eigenvalue weighted by molar-refractivity contribution is 5.68. The third-order valence-corrected chi connectivity index (χ3v) is 2.65. The predicted octanol–water partition coefficient (Wildman–Crippen LogP) is 1.08. The van der Waals surface area contributed by atoms with Gasteiger partial charge in [-0.05, 0) is 18.0 Å². The quantitative estimate of drug-likeness (QED) is 0.829. The van der Waals surface area contributed by atoms with E-state index >= 15 is 0 Å². The Kier molecular flexibility index (Phi) is 3.38. The second-order valence-corrected chi connectivity index (χ2v) is 3.96. The molecule has 0 aromatic carbocycles. The van der Waals surface area contributed by atoms with Crippen LogP contribution in [-0.4, -0.2) is 34.3 Å². The van der Waals surface area contributed by atoms with Crippen LogP contribution in [0.3, 0.4) is 0 Å². The van der Waals surface area contributed by atoms with E-state index in [0.717, 1.165) is 25.9 Å². The topological polar surface area (TPSA) is 79.5 Å². The number of hydrogen-bond acceptors (Lipinski definition) is 5. The van der Waals surface area contributed by atoms with E-state index in [1.807, 2.05) is 0 Å². The van der Waals surface area contributed by atoms with Crippen molar-refractivity contribution >= 4 is 11.9 Å². The van der Waals surface area contributed by atoms with Crippen LogP contribution in [0.5, 0.6) is 0 Å². The molecule has 0 unspecified atom stereocenters. The zero-order valence-corrected chi connectivity index (χ0v) is 9.06. The maximum absolute atomic E-state index is 10.5. The summed E-state index contributed by atoms with van der Waals surface area (Å²) in [7, 11) is 0. The summed E-state index contributed by atoms with van der Waals surface area (Å²) in [5, 5.41) is 12.4. The van der Waals surface area contributed by atoms with Gasteiger partial charge in [-0.1, -0.05) is 12.8 Å². The van der Waals surface area contributed by atoms with Crippen molar-refractivity contribution in [3.8, 4) is 0 Å². The first kappa shape index (κ1) is 10.9. The molecular formula is C10H15N3O3. The van der Waals surface area contributed by atoms with Gasteiger partial charge in [0, 0.05) is 13.1 Å². The number of rotatable bonds is 3. The lowest BCUT2D eigenvalue weighted by atomic mass is 10.2. The molecule has 0 spiro atoms. The first-order valence-corrected chi connectivity index (χ1v) is 5.55. The average molecular weight is 225 g/mol. The average Bonchev–Trinajstić information content (AvgIpc) is 2.53. The molecule has 1 aromatic rings. The van der Waals surface area contributed by atoms with Crippen molar-refractivity contribution in [2.24, 2.45) is 0 Å². The van der Waals surface area contributed by atoms with Crippen LogP contribution in [0.1, 0.15) is 31.6 Å². The van der Waals surface area contributed by atoms with Gasteiger partial charge in [-0.2, -0.15) is 4.98 Å².